The molecule has 1 aromatic carbocycles. The van der Waals surface area contributed by atoms with E-state index < -0.39 is 0 Å². The Morgan fingerprint density at radius 3 is 3.00 bits per heavy atom. The molecule has 2 rings (SSSR count). The second-order valence-electron chi connectivity index (χ2n) is 5.65. The van der Waals surface area contributed by atoms with Crippen molar-refractivity contribution < 1.29 is 9.63 Å². The predicted molar refractivity (Wildman–Crippen MR) is 85.5 cm³/mol. The maximum absolute atomic E-state index is 11.3. The number of amides is 1. The Morgan fingerprint density at radius 2 is 2.29 bits per heavy atom. The molecule has 0 aliphatic heterocycles. The molecule has 1 N–H and O–H groups in total. The summed E-state index contributed by atoms with van der Waals surface area (Å²) in [5.74, 6) is 0.272. The van der Waals surface area contributed by atoms with Gasteiger partial charge in [-0.2, -0.15) is 0 Å². The normalized spacial score (nSPS) is 15.7. The summed E-state index contributed by atoms with van der Waals surface area (Å²) in [5.41, 5.74) is 4.12. The van der Waals surface area contributed by atoms with Crippen molar-refractivity contribution in [2.24, 2.45) is 11.1 Å². The summed E-state index contributed by atoms with van der Waals surface area (Å²) >= 11 is 0. The highest BCUT2D eigenvalue weighted by Crippen LogP contribution is 2.25. The summed E-state index contributed by atoms with van der Waals surface area (Å²) in [5, 5.41) is 7.07. The van der Waals surface area contributed by atoms with Crippen molar-refractivity contribution in [3.05, 3.63) is 42.0 Å². The minimum absolute atomic E-state index is 0.195. The van der Waals surface area contributed by atoms with E-state index in [-0.39, 0.29) is 5.91 Å². The van der Waals surface area contributed by atoms with Crippen molar-refractivity contribution >= 4 is 17.3 Å². The minimum atomic E-state index is -0.195. The Labute approximate surface area is 125 Å². The molecule has 1 aliphatic rings. The van der Waals surface area contributed by atoms with Gasteiger partial charge in [0.2, 0.25) is 5.91 Å². The molecular formula is C17H22N2O2. The first-order valence-corrected chi connectivity index (χ1v) is 7.35. The van der Waals surface area contributed by atoms with Crippen LogP contribution in [0.2, 0.25) is 0 Å². The second-order valence-corrected chi connectivity index (χ2v) is 5.65. The quantitative estimate of drug-likeness (QED) is 0.665. The van der Waals surface area contributed by atoms with E-state index in [1.165, 1.54) is 11.6 Å². The highest BCUT2D eigenvalue weighted by atomic mass is 16.6. The van der Waals surface area contributed by atoms with E-state index in [9.17, 15) is 4.79 Å². The van der Waals surface area contributed by atoms with Gasteiger partial charge in [0.05, 0.1) is 5.71 Å². The number of aryl methyl sites for hydroxylation is 1. The van der Waals surface area contributed by atoms with Gasteiger partial charge in [-0.05, 0) is 49.0 Å². The number of hydrogen-bond acceptors (Lipinski definition) is 3. The van der Waals surface area contributed by atoms with Crippen LogP contribution in [0, 0.1) is 5.92 Å². The molecule has 1 aliphatic carbocycles. The van der Waals surface area contributed by atoms with Crippen molar-refractivity contribution in [2.45, 2.75) is 33.1 Å². The summed E-state index contributed by atoms with van der Waals surface area (Å²) in [6.45, 7) is 8.29. The largest absolute Gasteiger partial charge is 0.395 e. The van der Waals surface area contributed by atoms with E-state index in [0.717, 1.165) is 36.2 Å². The van der Waals surface area contributed by atoms with Crippen LogP contribution in [0.5, 0.6) is 0 Å². The number of oxime groups is 1. The monoisotopic (exact) mass is 286 g/mol. The number of anilines is 1. The van der Waals surface area contributed by atoms with Crippen LogP contribution in [0.25, 0.3) is 0 Å². The maximum Gasteiger partial charge on any atom is 0.247 e. The highest BCUT2D eigenvalue weighted by Gasteiger charge is 2.17. The van der Waals surface area contributed by atoms with E-state index in [4.69, 9.17) is 4.84 Å². The lowest BCUT2D eigenvalue weighted by Gasteiger charge is -2.18. The minimum Gasteiger partial charge on any atom is -0.395 e. The van der Waals surface area contributed by atoms with Gasteiger partial charge in [0.15, 0.2) is 0 Å². The average Bonchev–Trinajstić information content (AvgIpc) is 2.46. The Bertz CT molecular complexity index is 562. The average molecular weight is 286 g/mol. The fourth-order valence-electron chi connectivity index (χ4n) is 2.29. The molecule has 0 bridgehead atoms. The topological polar surface area (TPSA) is 50.7 Å². The number of nitrogens with zero attached hydrogens (tertiary/aromatic N) is 1. The van der Waals surface area contributed by atoms with Crippen LogP contribution < -0.4 is 5.32 Å². The van der Waals surface area contributed by atoms with E-state index in [1.54, 1.807) is 0 Å². The Balaban J connectivity index is 2.16. The lowest BCUT2D eigenvalue weighted by atomic mass is 9.90. The van der Waals surface area contributed by atoms with Gasteiger partial charge in [-0.1, -0.05) is 31.6 Å². The van der Waals surface area contributed by atoms with Gasteiger partial charge in [0.1, 0.15) is 6.61 Å². The zero-order chi connectivity index (χ0) is 15.2. The van der Waals surface area contributed by atoms with Crippen LogP contribution in [0.3, 0.4) is 0 Å². The van der Waals surface area contributed by atoms with Crippen LogP contribution in [-0.4, -0.2) is 18.2 Å². The predicted octanol–water partition coefficient (Wildman–Crippen LogP) is 3.52. The van der Waals surface area contributed by atoms with E-state index >= 15 is 0 Å². The van der Waals surface area contributed by atoms with E-state index in [0.29, 0.717) is 12.5 Å². The maximum atomic E-state index is 11.3. The number of hydrogen-bond donors (Lipinski definition) is 1. The molecule has 0 aromatic heterocycles. The molecule has 4 heteroatoms. The lowest BCUT2D eigenvalue weighted by Crippen LogP contribution is -2.14. The summed E-state index contributed by atoms with van der Waals surface area (Å²) in [6, 6.07) is 5.90. The SMILES string of the molecule is C=CC(=O)Nc1ccc2c(c1)CCCC2=NOCC(C)C. The van der Waals surface area contributed by atoms with Crippen LogP contribution in [0.15, 0.2) is 36.0 Å². The molecular weight excluding hydrogens is 264 g/mol. The Hall–Kier alpha value is -2.10. The van der Waals surface area contributed by atoms with E-state index in [1.807, 2.05) is 18.2 Å². The number of benzene rings is 1. The van der Waals surface area contributed by atoms with Crippen LogP contribution in [-0.2, 0) is 16.1 Å². The molecule has 0 heterocycles. The van der Waals surface area contributed by atoms with Gasteiger partial charge in [-0.25, -0.2) is 0 Å². The third-order valence-corrected chi connectivity index (χ3v) is 3.31. The molecule has 0 fully saturated rings. The van der Waals surface area contributed by atoms with E-state index in [2.05, 4.69) is 30.9 Å². The van der Waals surface area contributed by atoms with Gasteiger partial charge < -0.3 is 10.2 Å². The van der Waals surface area contributed by atoms with Gasteiger partial charge in [0.25, 0.3) is 0 Å². The van der Waals surface area contributed by atoms with Crippen molar-refractivity contribution in [3.8, 4) is 0 Å². The number of carbonyl (C=O) groups is 1. The van der Waals surface area contributed by atoms with Gasteiger partial charge in [0, 0.05) is 11.3 Å². The van der Waals surface area contributed by atoms with Crippen LogP contribution >= 0.6 is 0 Å². The van der Waals surface area contributed by atoms with Crippen molar-refractivity contribution in [2.75, 3.05) is 11.9 Å². The highest BCUT2D eigenvalue weighted by molar-refractivity contribution is 6.03. The molecule has 4 nitrogen and oxygen atoms in total. The molecule has 112 valence electrons. The van der Waals surface area contributed by atoms with Crippen molar-refractivity contribution in [1.82, 2.24) is 0 Å². The summed E-state index contributed by atoms with van der Waals surface area (Å²) in [7, 11) is 0. The third-order valence-electron chi connectivity index (χ3n) is 3.31. The van der Waals surface area contributed by atoms with Gasteiger partial charge in [-0.3, -0.25) is 4.79 Å². The molecule has 21 heavy (non-hydrogen) atoms. The van der Waals surface area contributed by atoms with Gasteiger partial charge in [-0.15, -0.1) is 0 Å². The smallest absolute Gasteiger partial charge is 0.247 e. The number of rotatable bonds is 5. The lowest BCUT2D eigenvalue weighted by molar-refractivity contribution is -0.111. The van der Waals surface area contributed by atoms with Crippen LogP contribution in [0.1, 0.15) is 37.8 Å². The molecule has 0 saturated heterocycles. The fourth-order valence-corrected chi connectivity index (χ4v) is 2.29. The summed E-state index contributed by atoms with van der Waals surface area (Å²) < 4.78 is 0. The first kappa shape index (κ1) is 15.3. The first-order valence-electron chi connectivity index (χ1n) is 7.35. The zero-order valence-corrected chi connectivity index (χ0v) is 12.7. The molecule has 0 radical (unpaired) electrons. The Kier molecular flexibility index (Phi) is 5.14. The molecule has 0 atom stereocenters. The summed E-state index contributed by atoms with van der Waals surface area (Å²) in [4.78, 5) is 16.8. The van der Waals surface area contributed by atoms with Crippen LogP contribution in [0.4, 0.5) is 5.69 Å². The zero-order valence-electron chi connectivity index (χ0n) is 12.7. The second kappa shape index (κ2) is 7.07. The number of nitrogens with one attached hydrogen (secondary N) is 1. The fraction of sp³-hybridized carbons (Fsp3) is 0.412. The molecule has 0 unspecified atom stereocenters. The number of fused-ring (bicyclic) bond motifs is 1. The standard InChI is InChI=1S/C17H22N2O2/c1-4-17(20)18-14-8-9-15-13(10-14)6-5-7-16(15)19-21-11-12(2)3/h4,8-10,12H,1,5-7,11H2,2-3H3,(H,18,20). The van der Waals surface area contributed by atoms with Crippen molar-refractivity contribution in [1.29, 1.82) is 0 Å². The number of carbonyl (C=O) groups excluding carboxylic acids is 1. The summed E-state index contributed by atoms with van der Waals surface area (Å²) in [6.07, 6.45) is 4.25. The third kappa shape index (κ3) is 4.18. The molecule has 1 amide bonds. The molecule has 0 saturated carbocycles. The molecule has 1 aromatic rings. The van der Waals surface area contributed by atoms with Gasteiger partial charge >= 0.3 is 0 Å². The van der Waals surface area contributed by atoms with Crippen molar-refractivity contribution in [3.63, 3.8) is 0 Å². The molecule has 0 spiro atoms. The first-order chi connectivity index (χ1) is 10.1. The Morgan fingerprint density at radius 1 is 1.48 bits per heavy atom.